The Balaban J connectivity index is 1.82. The van der Waals surface area contributed by atoms with Gasteiger partial charge in [-0.15, -0.1) is 0 Å². The first-order chi connectivity index (χ1) is 16.5. The zero-order chi connectivity index (χ0) is 27.0. The molecule has 0 aliphatic carbocycles. The van der Waals surface area contributed by atoms with Crippen LogP contribution in [-0.4, -0.2) is 31.7 Å². The van der Waals surface area contributed by atoms with Crippen LogP contribution in [0, 0.1) is 0 Å². The van der Waals surface area contributed by atoms with Gasteiger partial charge >= 0.3 is 33.4 Å². The van der Waals surface area contributed by atoms with Gasteiger partial charge in [0, 0.05) is 16.9 Å². The van der Waals surface area contributed by atoms with Crippen LogP contribution in [0.15, 0.2) is 83.8 Å². The average molecular weight is 560 g/mol. The summed E-state index contributed by atoms with van der Waals surface area (Å²) in [6.45, 7) is 0. The summed E-state index contributed by atoms with van der Waals surface area (Å²) in [5.41, 5.74) is 2.96. The van der Waals surface area contributed by atoms with Crippen molar-refractivity contribution in [3.8, 4) is 22.3 Å². The van der Waals surface area contributed by atoms with Crippen LogP contribution in [0.1, 0.15) is 0 Å². The highest BCUT2D eigenvalue weighted by Gasteiger charge is 2.85. The molecule has 0 unspecified atom stereocenters. The average Bonchev–Trinajstić information content (AvgIpc) is 2.82. The molecule has 3 nitrogen and oxygen atoms in total. The molecule has 0 saturated carbocycles. The second kappa shape index (κ2) is 9.63. The summed E-state index contributed by atoms with van der Waals surface area (Å²) in [6, 6.07) is 21.4. The van der Waals surface area contributed by atoms with E-state index in [0.717, 1.165) is 23.3 Å². The molecule has 0 atom stereocenters. The summed E-state index contributed by atoms with van der Waals surface area (Å²) in [5, 5.41) is -6.92. The van der Waals surface area contributed by atoms with Crippen LogP contribution in [0.25, 0.3) is 22.3 Å². The standard InChI is InChI=1S/C22H13F9O3S2/c23-19(24,21(27,28)29)20(25,26)22(30,31)36(32,33)34-35-16-12-10-15(11-13-16)18-9-5-4-8-17(18)14-6-2-1-3-7-14/h1-13H. The first kappa shape index (κ1) is 27.9. The number of benzene rings is 3. The minimum Gasteiger partial charge on any atom is -0.192 e. The molecule has 0 bridgehead atoms. The molecule has 194 valence electrons. The summed E-state index contributed by atoms with van der Waals surface area (Å²) >= 11 is -0.434. The van der Waals surface area contributed by atoms with Crippen LogP contribution >= 0.6 is 12.0 Å². The topological polar surface area (TPSA) is 43.4 Å². The van der Waals surface area contributed by atoms with E-state index < -0.39 is 45.4 Å². The molecule has 0 fully saturated rings. The lowest BCUT2D eigenvalue weighted by molar-refractivity contribution is -0.382. The predicted molar refractivity (Wildman–Crippen MR) is 114 cm³/mol. The molecule has 0 aliphatic heterocycles. The number of hydrogen-bond acceptors (Lipinski definition) is 4. The molecular weight excluding hydrogens is 547 g/mol. The molecule has 0 aliphatic rings. The van der Waals surface area contributed by atoms with Gasteiger partial charge in [-0.3, -0.25) is 0 Å². The van der Waals surface area contributed by atoms with Gasteiger partial charge in [0.1, 0.15) is 0 Å². The van der Waals surface area contributed by atoms with E-state index >= 15 is 0 Å². The molecule has 36 heavy (non-hydrogen) atoms. The molecule has 0 spiro atoms. The van der Waals surface area contributed by atoms with Gasteiger partial charge in [0.2, 0.25) is 0 Å². The maximum absolute atomic E-state index is 13.7. The zero-order valence-electron chi connectivity index (χ0n) is 17.4. The van der Waals surface area contributed by atoms with Crippen molar-refractivity contribution in [3.05, 3.63) is 78.9 Å². The number of rotatable bonds is 8. The third-order valence-corrected chi connectivity index (χ3v) is 7.16. The largest absolute Gasteiger partial charge is 0.460 e. The molecule has 0 aromatic heterocycles. The maximum Gasteiger partial charge on any atom is 0.460 e. The first-order valence-electron chi connectivity index (χ1n) is 9.59. The van der Waals surface area contributed by atoms with Gasteiger partial charge in [-0.05, 0) is 34.4 Å². The van der Waals surface area contributed by atoms with E-state index in [2.05, 4.69) is 3.63 Å². The van der Waals surface area contributed by atoms with Crippen molar-refractivity contribution < 1.29 is 51.6 Å². The van der Waals surface area contributed by atoms with Crippen molar-refractivity contribution in [2.75, 3.05) is 0 Å². The van der Waals surface area contributed by atoms with E-state index in [9.17, 15) is 47.9 Å². The van der Waals surface area contributed by atoms with Crippen molar-refractivity contribution in [1.29, 1.82) is 0 Å². The Hall–Kier alpha value is -2.71. The Morgan fingerprint density at radius 2 is 1.03 bits per heavy atom. The van der Waals surface area contributed by atoms with Crippen LogP contribution in [0.2, 0.25) is 0 Å². The van der Waals surface area contributed by atoms with E-state index in [-0.39, 0.29) is 4.90 Å². The van der Waals surface area contributed by atoms with E-state index in [1.165, 1.54) is 12.1 Å². The summed E-state index contributed by atoms with van der Waals surface area (Å²) in [4.78, 5) is -0.249. The predicted octanol–water partition coefficient (Wildman–Crippen LogP) is 7.80. The van der Waals surface area contributed by atoms with Crippen molar-refractivity contribution in [1.82, 2.24) is 0 Å². The van der Waals surface area contributed by atoms with Crippen molar-refractivity contribution >= 4 is 22.2 Å². The Morgan fingerprint density at radius 1 is 0.583 bits per heavy atom. The van der Waals surface area contributed by atoms with Crippen LogP contribution in [-0.2, 0) is 13.7 Å². The summed E-state index contributed by atoms with van der Waals surface area (Å²) in [7, 11) is -6.96. The van der Waals surface area contributed by atoms with E-state index in [1.807, 2.05) is 36.4 Å². The summed E-state index contributed by atoms with van der Waals surface area (Å²) in [5.74, 6) is -14.7. The van der Waals surface area contributed by atoms with E-state index in [1.54, 1.807) is 18.2 Å². The van der Waals surface area contributed by atoms with Crippen molar-refractivity contribution in [2.45, 2.75) is 28.2 Å². The maximum atomic E-state index is 13.7. The third-order valence-electron chi connectivity index (χ3n) is 4.83. The number of halogens is 9. The van der Waals surface area contributed by atoms with Crippen molar-refractivity contribution in [2.24, 2.45) is 0 Å². The fourth-order valence-electron chi connectivity index (χ4n) is 2.94. The fraction of sp³-hybridized carbons (Fsp3) is 0.182. The fourth-order valence-corrected chi connectivity index (χ4v) is 4.64. The molecule has 0 N–H and O–H groups in total. The van der Waals surface area contributed by atoms with Crippen molar-refractivity contribution in [3.63, 3.8) is 0 Å². The summed E-state index contributed by atoms with van der Waals surface area (Å²) in [6.07, 6.45) is -7.16. The minimum absolute atomic E-state index is 0.249. The molecule has 3 rings (SSSR count). The monoisotopic (exact) mass is 560 g/mol. The molecule has 0 heterocycles. The number of hydrogen-bond donors (Lipinski definition) is 0. The SMILES string of the molecule is O=S(=O)(OSc1ccc(-c2ccccc2-c2ccccc2)cc1)C(F)(F)C(F)(F)C(F)(F)C(F)(F)F. The Kier molecular flexibility index (Phi) is 7.46. The van der Waals surface area contributed by atoms with Gasteiger partial charge in [0.15, 0.2) is 0 Å². The highest BCUT2D eigenvalue weighted by Crippen LogP contribution is 2.55. The van der Waals surface area contributed by atoms with Gasteiger partial charge in [0.05, 0.1) is 0 Å². The van der Waals surface area contributed by atoms with E-state index in [4.69, 9.17) is 0 Å². The molecular formula is C22H13F9O3S2. The molecule has 0 amide bonds. The van der Waals surface area contributed by atoms with Crippen LogP contribution in [0.4, 0.5) is 39.5 Å². The smallest absolute Gasteiger partial charge is 0.192 e. The normalized spacial score (nSPS) is 13.6. The molecule has 0 saturated heterocycles. The second-order valence-corrected chi connectivity index (χ2v) is 9.81. The Morgan fingerprint density at radius 3 is 1.50 bits per heavy atom. The highest BCUT2D eigenvalue weighted by molar-refractivity contribution is 8.04. The Bertz CT molecular complexity index is 1310. The first-order valence-corrected chi connectivity index (χ1v) is 11.7. The molecule has 14 heteroatoms. The van der Waals surface area contributed by atoms with Crippen LogP contribution in [0.5, 0.6) is 0 Å². The Labute approximate surface area is 203 Å². The van der Waals surface area contributed by atoms with Gasteiger partial charge in [-0.1, -0.05) is 66.7 Å². The molecule has 3 aromatic rings. The third kappa shape index (κ3) is 4.93. The zero-order valence-corrected chi connectivity index (χ0v) is 19.1. The second-order valence-electron chi connectivity index (χ2n) is 7.20. The highest BCUT2D eigenvalue weighted by atomic mass is 32.3. The molecule has 0 radical (unpaired) electrons. The van der Waals surface area contributed by atoms with Crippen LogP contribution in [0.3, 0.4) is 0 Å². The number of alkyl halides is 9. The van der Waals surface area contributed by atoms with Gasteiger partial charge in [-0.2, -0.15) is 51.6 Å². The lowest BCUT2D eigenvalue weighted by atomic mass is 9.95. The lowest BCUT2D eigenvalue weighted by Gasteiger charge is -2.32. The quantitative estimate of drug-likeness (QED) is 0.208. The van der Waals surface area contributed by atoms with Gasteiger partial charge in [-0.25, -0.2) is 0 Å². The molecule has 3 aromatic carbocycles. The van der Waals surface area contributed by atoms with Gasteiger partial charge in [0.25, 0.3) is 0 Å². The lowest BCUT2D eigenvalue weighted by Crippen LogP contribution is -2.63. The van der Waals surface area contributed by atoms with Gasteiger partial charge < -0.3 is 0 Å². The van der Waals surface area contributed by atoms with Crippen LogP contribution < -0.4 is 0 Å². The summed E-state index contributed by atoms with van der Waals surface area (Å²) < 4.78 is 144. The minimum atomic E-state index is -7.36. The van der Waals surface area contributed by atoms with E-state index in [0.29, 0.717) is 11.1 Å².